The zero-order valence-electron chi connectivity index (χ0n) is 42.0. The Morgan fingerprint density at radius 2 is 1.05 bits per heavy atom. The molecule has 63 heavy (non-hydrogen) atoms. The number of amides is 2. The third kappa shape index (κ3) is 13.6. The van der Waals surface area contributed by atoms with Crippen LogP contribution in [0.25, 0.3) is 0 Å². The molecule has 10 nitrogen and oxygen atoms in total. The molecule has 2 heterocycles. The van der Waals surface area contributed by atoms with Crippen LogP contribution in [0, 0.1) is 10.8 Å². The van der Waals surface area contributed by atoms with Crippen molar-refractivity contribution in [2.24, 2.45) is 10.8 Å². The normalized spacial score (nSPS) is 22.4. The molecule has 2 fully saturated rings. The van der Waals surface area contributed by atoms with Crippen LogP contribution in [0.3, 0.4) is 0 Å². The van der Waals surface area contributed by atoms with E-state index in [1.807, 2.05) is 100 Å². The Bertz CT molecular complexity index is 1870. The van der Waals surface area contributed by atoms with Crippen LogP contribution in [0.2, 0.25) is 36.3 Å². The number of ether oxygens (including phenoxy) is 2. The summed E-state index contributed by atoms with van der Waals surface area (Å²) in [5.41, 5.74) is -1.90. The number of alkyl halides is 1. The van der Waals surface area contributed by atoms with Crippen LogP contribution in [0.15, 0.2) is 60.7 Å². The summed E-state index contributed by atoms with van der Waals surface area (Å²) >= 11 is 0. The summed E-state index contributed by atoms with van der Waals surface area (Å²) in [6.07, 6.45) is -1.22. The van der Waals surface area contributed by atoms with Gasteiger partial charge in [-0.2, -0.15) is 0 Å². The highest BCUT2D eigenvalue weighted by molar-refractivity contribution is 6.74. The highest BCUT2D eigenvalue weighted by atomic mass is 28.4. The molecule has 0 aromatic heterocycles. The molecule has 2 aliphatic heterocycles. The molecule has 2 saturated heterocycles. The zero-order valence-corrected chi connectivity index (χ0v) is 44.0. The van der Waals surface area contributed by atoms with Crippen LogP contribution in [-0.4, -0.2) is 93.9 Å². The van der Waals surface area contributed by atoms with Gasteiger partial charge in [-0.25, -0.2) is 4.39 Å². The fourth-order valence-corrected chi connectivity index (χ4v) is 9.37. The molecule has 0 aliphatic carbocycles. The topological polar surface area (TPSA) is 112 Å². The number of carbonyl (C=O) groups excluding carboxylic acids is 4. The van der Waals surface area contributed by atoms with E-state index in [0.717, 1.165) is 11.1 Å². The first-order valence-electron chi connectivity index (χ1n) is 22.7. The summed E-state index contributed by atoms with van der Waals surface area (Å²) in [5.74, 6) is -1.64. The lowest BCUT2D eigenvalue weighted by Crippen LogP contribution is -2.47. The van der Waals surface area contributed by atoms with Crippen molar-refractivity contribution in [2.75, 3.05) is 26.3 Å². The van der Waals surface area contributed by atoms with Crippen LogP contribution in [0.4, 0.5) is 4.39 Å². The molecule has 0 N–H and O–H groups in total. The van der Waals surface area contributed by atoms with Gasteiger partial charge in [-0.15, -0.1) is 0 Å². The molecule has 0 radical (unpaired) electrons. The second-order valence-electron chi connectivity index (χ2n) is 22.9. The molecule has 13 heteroatoms. The molecule has 2 aromatic carbocycles. The van der Waals surface area contributed by atoms with E-state index in [2.05, 4.69) is 67.7 Å². The summed E-state index contributed by atoms with van der Waals surface area (Å²) in [5, 5.41) is 0.0754. The molecule has 0 spiro atoms. The molecule has 1 unspecified atom stereocenters. The minimum absolute atomic E-state index is 0.00506. The Morgan fingerprint density at radius 3 is 1.46 bits per heavy atom. The number of benzene rings is 2. The van der Waals surface area contributed by atoms with Gasteiger partial charge in [0.25, 0.3) is 5.91 Å². The summed E-state index contributed by atoms with van der Waals surface area (Å²) < 4.78 is 39.8. The van der Waals surface area contributed by atoms with Gasteiger partial charge in [0.15, 0.2) is 22.8 Å². The summed E-state index contributed by atoms with van der Waals surface area (Å²) in [4.78, 5) is 56.1. The SMILES string of the molecule is C[C@H](c1ccccc1)N1C[C@@](CCO[Si](C)(C)C(C)(C)C)(C(=O)OC(C)(C)C)C(F)C1=O.C[C@H](c1ccccc1)N1C[C@@](CCO[Si](C)(C)C(C)(C)C)(C(=O)OC(C)(C)C)CC1=O. The monoisotopic (exact) mass is 913 g/mol. The molecule has 2 amide bonds. The number of nitrogens with zero attached hydrogens (tertiary/aromatic N) is 2. The quantitative estimate of drug-likeness (QED) is 0.136. The van der Waals surface area contributed by atoms with Crippen molar-refractivity contribution in [3.8, 4) is 0 Å². The van der Waals surface area contributed by atoms with Gasteiger partial charge >= 0.3 is 11.9 Å². The van der Waals surface area contributed by atoms with Crippen molar-refractivity contribution < 1.29 is 41.9 Å². The van der Waals surface area contributed by atoms with E-state index in [0.29, 0.717) is 19.6 Å². The van der Waals surface area contributed by atoms with Crippen molar-refractivity contribution in [1.82, 2.24) is 9.80 Å². The lowest BCUT2D eigenvalue weighted by atomic mass is 9.82. The van der Waals surface area contributed by atoms with Crippen molar-refractivity contribution in [3.05, 3.63) is 71.8 Å². The number of hydrogen-bond donors (Lipinski definition) is 0. The van der Waals surface area contributed by atoms with Crippen LogP contribution >= 0.6 is 0 Å². The Kier molecular flexibility index (Phi) is 17.1. The maximum absolute atomic E-state index is 15.7. The smallest absolute Gasteiger partial charge is 0.318 e. The first-order valence-corrected chi connectivity index (χ1v) is 28.5. The summed E-state index contributed by atoms with van der Waals surface area (Å²) in [7, 11) is -4.05. The van der Waals surface area contributed by atoms with Crippen molar-refractivity contribution in [3.63, 3.8) is 0 Å². The van der Waals surface area contributed by atoms with Crippen LogP contribution in [0.5, 0.6) is 0 Å². The average Bonchev–Trinajstić information content (AvgIpc) is 3.63. The Morgan fingerprint density at radius 1 is 0.651 bits per heavy atom. The van der Waals surface area contributed by atoms with E-state index in [4.69, 9.17) is 18.3 Å². The molecule has 354 valence electrons. The molecule has 4 rings (SSSR count). The lowest BCUT2D eigenvalue weighted by molar-refractivity contribution is -0.172. The molecular weight excluding hydrogens is 832 g/mol. The Balaban J connectivity index is 0.000000335. The van der Waals surface area contributed by atoms with Gasteiger partial charge in [0.2, 0.25) is 5.91 Å². The number of esters is 2. The van der Waals surface area contributed by atoms with E-state index >= 15 is 4.39 Å². The van der Waals surface area contributed by atoms with Gasteiger partial charge in [0.05, 0.1) is 17.5 Å². The van der Waals surface area contributed by atoms with E-state index < -0.39 is 56.7 Å². The first-order chi connectivity index (χ1) is 28.6. The maximum Gasteiger partial charge on any atom is 0.318 e. The van der Waals surface area contributed by atoms with Gasteiger partial charge in [-0.05, 0) is 116 Å². The molecule has 0 bridgehead atoms. The van der Waals surface area contributed by atoms with Gasteiger partial charge in [-0.3, -0.25) is 19.2 Å². The molecule has 2 aliphatic rings. The third-order valence-electron chi connectivity index (χ3n) is 13.5. The summed E-state index contributed by atoms with van der Waals surface area (Å²) in [6.45, 7) is 37.3. The number of rotatable bonds is 14. The zero-order chi connectivity index (χ0) is 48.2. The number of hydrogen-bond acceptors (Lipinski definition) is 8. The van der Waals surface area contributed by atoms with E-state index in [1.54, 1.807) is 20.8 Å². The standard InChI is InChI=1S/C25H40FNO4Si.C25H41NO4Si/c1-18(19-13-11-10-12-14-19)27-17-25(20(26)21(27)28,22(29)31-23(2,3)4)15-16-30-32(8,9)24(5,6)7;1-19(20-13-11-10-12-14-20)26-18-25(17-21(26)27,22(28)30-23(2,3)4)15-16-29-31(8,9)24(5,6)7/h10-14,18,20H,15-17H2,1-9H3;10-14,19H,15-18H2,1-9H3/t18-,20?,25-;19-,25+/m11/s1. The minimum Gasteiger partial charge on any atom is -0.459 e. The predicted octanol–water partition coefficient (Wildman–Crippen LogP) is 11.4. The average molecular weight is 913 g/mol. The van der Waals surface area contributed by atoms with Crippen molar-refractivity contribution in [1.29, 1.82) is 0 Å². The van der Waals surface area contributed by atoms with Gasteiger partial charge < -0.3 is 28.1 Å². The van der Waals surface area contributed by atoms with Crippen LogP contribution < -0.4 is 0 Å². The lowest BCUT2D eigenvalue weighted by Gasteiger charge is -2.38. The molecule has 2 aromatic rings. The number of carbonyl (C=O) groups is 4. The molecule has 0 saturated carbocycles. The van der Waals surface area contributed by atoms with E-state index in [1.165, 1.54) is 4.90 Å². The Hall–Kier alpha value is -3.40. The summed E-state index contributed by atoms with van der Waals surface area (Å²) in [6, 6.07) is 19.0. The predicted molar refractivity (Wildman–Crippen MR) is 255 cm³/mol. The fraction of sp³-hybridized carbons (Fsp3) is 0.680. The van der Waals surface area contributed by atoms with E-state index in [-0.39, 0.29) is 60.0 Å². The highest BCUT2D eigenvalue weighted by Gasteiger charge is 2.60. The fourth-order valence-electron chi connectivity index (χ4n) is 7.28. The first kappa shape index (κ1) is 53.9. The van der Waals surface area contributed by atoms with Crippen LogP contribution in [0.1, 0.15) is 139 Å². The highest BCUT2D eigenvalue weighted by Crippen LogP contribution is 2.45. The van der Waals surface area contributed by atoms with Crippen LogP contribution in [-0.2, 0) is 37.5 Å². The Labute approximate surface area is 381 Å². The minimum atomic E-state index is -2.09. The van der Waals surface area contributed by atoms with E-state index in [9.17, 15) is 19.2 Å². The largest absolute Gasteiger partial charge is 0.459 e. The maximum atomic E-state index is 15.7. The van der Waals surface area contributed by atoms with Gasteiger partial charge in [-0.1, -0.05) is 102 Å². The molecular formula is C50H81FN2O8Si2. The third-order valence-corrected chi connectivity index (χ3v) is 22.6. The number of likely N-dealkylation sites (tertiary alicyclic amines) is 2. The van der Waals surface area contributed by atoms with Crippen molar-refractivity contribution in [2.45, 2.75) is 182 Å². The van der Waals surface area contributed by atoms with Crippen molar-refractivity contribution >= 4 is 40.4 Å². The van der Waals surface area contributed by atoms with Gasteiger partial charge in [0.1, 0.15) is 16.6 Å². The second kappa shape index (κ2) is 20.0. The molecule has 5 atom stereocenters. The van der Waals surface area contributed by atoms with Gasteiger partial charge in [0, 0.05) is 32.7 Å². The second-order valence-corrected chi connectivity index (χ2v) is 32.5. The number of halogens is 1.